The van der Waals surface area contributed by atoms with Crippen molar-refractivity contribution >= 4 is 23.5 Å². The minimum absolute atomic E-state index is 0.254. The predicted octanol–water partition coefficient (Wildman–Crippen LogP) is 2.35. The van der Waals surface area contributed by atoms with Crippen LogP contribution in [0, 0.1) is 6.92 Å². The molecule has 0 spiro atoms. The lowest BCUT2D eigenvalue weighted by Gasteiger charge is -2.10. The number of benzene rings is 2. The molecule has 0 aromatic heterocycles. The monoisotopic (exact) mass is 352 g/mol. The van der Waals surface area contributed by atoms with Gasteiger partial charge >= 0.3 is 6.03 Å². The van der Waals surface area contributed by atoms with Crippen molar-refractivity contribution in [3.05, 3.63) is 65.2 Å². The van der Waals surface area contributed by atoms with Gasteiger partial charge < -0.3 is 10.6 Å². The number of carbonyl (C=O) groups is 3. The molecule has 4 N–H and O–H groups in total. The minimum Gasteiger partial charge on any atom is -0.335 e. The van der Waals surface area contributed by atoms with Crippen LogP contribution in [-0.4, -0.2) is 23.9 Å². The van der Waals surface area contributed by atoms with Gasteiger partial charge in [0.05, 0.1) is 0 Å². The smallest absolute Gasteiger partial charge is 0.319 e. The van der Waals surface area contributed by atoms with Gasteiger partial charge in [-0.05, 0) is 55.7 Å². The lowest BCUT2D eigenvalue weighted by atomic mass is 10.1. The lowest BCUT2D eigenvalue weighted by Crippen LogP contribution is -2.41. The van der Waals surface area contributed by atoms with Crippen molar-refractivity contribution in [2.75, 3.05) is 5.32 Å². The molecule has 0 bridgehead atoms. The zero-order valence-corrected chi connectivity index (χ0v) is 14.3. The van der Waals surface area contributed by atoms with Crippen LogP contribution in [0.1, 0.15) is 39.1 Å². The Morgan fingerprint density at radius 3 is 2.19 bits per heavy atom. The van der Waals surface area contributed by atoms with Crippen molar-refractivity contribution in [3.8, 4) is 0 Å². The van der Waals surface area contributed by atoms with Gasteiger partial charge in [0.25, 0.3) is 11.8 Å². The summed E-state index contributed by atoms with van der Waals surface area (Å²) in [5.41, 5.74) is 7.04. The van der Waals surface area contributed by atoms with Crippen molar-refractivity contribution in [2.24, 2.45) is 0 Å². The number of hydrogen-bond donors (Lipinski definition) is 4. The van der Waals surface area contributed by atoms with Crippen molar-refractivity contribution in [1.82, 2.24) is 16.2 Å². The second kappa shape index (κ2) is 7.69. The van der Waals surface area contributed by atoms with E-state index in [-0.39, 0.29) is 18.0 Å². The Balaban J connectivity index is 1.52. The molecule has 1 aliphatic carbocycles. The van der Waals surface area contributed by atoms with Gasteiger partial charge in [0.2, 0.25) is 0 Å². The van der Waals surface area contributed by atoms with Gasteiger partial charge in [0, 0.05) is 22.9 Å². The van der Waals surface area contributed by atoms with Crippen LogP contribution in [-0.2, 0) is 0 Å². The molecule has 26 heavy (non-hydrogen) atoms. The molecule has 0 heterocycles. The van der Waals surface area contributed by atoms with Gasteiger partial charge in [-0.25, -0.2) is 4.79 Å². The predicted molar refractivity (Wildman–Crippen MR) is 97.7 cm³/mol. The van der Waals surface area contributed by atoms with E-state index in [0.717, 1.165) is 18.4 Å². The molecular formula is C19H20N4O3. The second-order valence-corrected chi connectivity index (χ2v) is 6.17. The van der Waals surface area contributed by atoms with E-state index >= 15 is 0 Å². The number of aryl methyl sites for hydroxylation is 1. The fourth-order valence-electron chi connectivity index (χ4n) is 2.37. The maximum absolute atomic E-state index is 12.1. The van der Waals surface area contributed by atoms with E-state index in [0.29, 0.717) is 16.8 Å². The topological polar surface area (TPSA) is 99.3 Å². The van der Waals surface area contributed by atoms with E-state index in [2.05, 4.69) is 21.5 Å². The SMILES string of the molecule is Cc1ccccc1C(=O)NNC(=O)c1ccc(NC(=O)NC2CC2)cc1. The molecule has 134 valence electrons. The summed E-state index contributed by atoms with van der Waals surface area (Å²) < 4.78 is 0. The maximum atomic E-state index is 12.1. The highest BCUT2D eigenvalue weighted by atomic mass is 16.2. The summed E-state index contributed by atoms with van der Waals surface area (Å²) in [6.45, 7) is 1.82. The highest BCUT2D eigenvalue weighted by molar-refractivity contribution is 6.00. The fraction of sp³-hybridized carbons (Fsp3) is 0.211. The molecule has 0 unspecified atom stereocenters. The molecule has 0 saturated heterocycles. The molecule has 1 aliphatic rings. The van der Waals surface area contributed by atoms with Crippen molar-refractivity contribution < 1.29 is 14.4 Å². The van der Waals surface area contributed by atoms with Crippen molar-refractivity contribution in [2.45, 2.75) is 25.8 Å². The number of amides is 4. The van der Waals surface area contributed by atoms with E-state index in [4.69, 9.17) is 0 Å². The van der Waals surface area contributed by atoms with E-state index in [1.54, 1.807) is 36.4 Å². The molecule has 0 radical (unpaired) electrons. The molecule has 1 saturated carbocycles. The van der Waals surface area contributed by atoms with Crippen LogP contribution < -0.4 is 21.5 Å². The van der Waals surface area contributed by atoms with Crippen LogP contribution >= 0.6 is 0 Å². The Morgan fingerprint density at radius 2 is 1.54 bits per heavy atom. The van der Waals surface area contributed by atoms with Crippen LogP contribution in [0.15, 0.2) is 48.5 Å². The first-order valence-corrected chi connectivity index (χ1v) is 8.37. The summed E-state index contributed by atoms with van der Waals surface area (Å²) in [5.74, 6) is -0.826. The van der Waals surface area contributed by atoms with Crippen LogP contribution in [0.3, 0.4) is 0 Å². The molecule has 3 rings (SSSR count). The average molecular weight is 352 g/mol. The van der Waals surface area contributed by atoms with E-state index < -0.39 is 5.91 Å². The summed E-state index contributed by atoms with van der Waals surface area (Å²) in [6, 6.07) is 13.5. The Bertz CT molecular complexity index is 829. The molecule has 1 fully saturated rings. The highest BCUT2D eigenvalue weighted by Gasteiger charge is 2.23. The summed E-state index contributed by atoms with van der Waals surface area (Å²) >= 11 is 0. The van der Waals surface area contributed by atoms with Crippen molar-refractivity contribution in [3.63, 3.8) is 0 Å². The largest absolute Gasteiger partial charge is 0.335 e. The Morgan fingerprint density at radius 1 is 0.885 bits per heavy atom. The first-order chi connectivity index (χ1) is 12.5. The van der Waals surface area contributed by atoms with E-state index in [1.165, 1.54) is 0 Å². The van der Waals surface area contributed by atoms with E-state index in [1.807, 2.05) is 19.1 Å². The third-order valence-corrected chi connectivity index (χ3v) is 4.00. The van der Waals surface area contributed by atoms with Crippen LogP contribution in [0.5, 0.6) is 0 Å². The standard InChI is InChI=1S/C19H20N4O3/c1-12-4-2-3-5-16(12)18(25)23-22-17(24)13-6-8-14(9-7-13)20-19(26)21-15-10-11-15/h2-9,15H,10-11H2,1H3,(H,22,24)(H,23,25)(H2,20,21,26). The van der Waals surface area contributed by atoms with Gasteiger partial charge in [-0.3, -0.25) is 20.4 Å². The number of urea groups is 1. The Kier molecular flexibility index (Phi) is 5.17. The van der Waals surface area contributed by atoms with Crippen LogP contribution in [0.25, 0.3) is 0 Å². The molecule has 7 nitrogen and oxygen atoms in total. The van der Waals surface area contributed by atoms with Gasteiger partial charge in [-0.2, -0.15) is 0 Å². The Hall–Kier alpha value is -3.35. The lowest BCUT2D eigenvalue weighted by molar-refractivity contribution is 0.0846. The molecule has 2 aromatic carbocycles. The van der Waals surface area contributed by atoms with E-state index in [9.17, 15) is 14.4 Å². The van der Waals surface area contributed by atoms with Crippen LogP contribution in [0.4, 0.5) is 10.5 Å². The minimum atomic E-state index is -0.444. The zero-order valence-electron chi connectivity index (χ0n) is 14.3. The summed E-state index contributed by atoms with van der Waals surface area (Å²) in [7, 11) is 0. The summed E-state index contributed by atoms with van der Waals surface area (Å²) in [6.07, 6.45) is 2.03. The van der Waals surface area contributed by atoms with Gasteiger partial charge in [0.15, 0.2) is 0 Å². The molecule has 0 atom stereocenters. The highest BCUT2D eigenvalue weighted by Crippen LogP contribution is 2.19. The molecular weight excluding hydrogens is 332 g/mol. The van der Waals surface area contributed by atoms with Gasteiger partial charge in [-0.15, -0.1) is 0 Å². The summed E-state index contributed by atoms with van der Waals surface area (Å²) in [4.78, 5) is 35.9. The number of nitrogens with one attached hydrogen (secondary N) is 4. The average Bonchev–Trinajstić information content (AvgIpc) is 3.44. The first kappa shape index (κ1) is 17.5. The van der Waals surface area contributed by atoms with Crippen LogP contribution in [0.2, 0.25) is 0 Å². The summed E-state index contributed by atoms with van der Waals surface area (Å²) in [5, 5.41) is 5.52. The number of rotatable bonds is 4. The normalized spacial score (nSPS) is 12.8. The number of hydrogen-bond acceptors (Lipinski definition) is 3. The van der Waals surface area contributed by atoms with Gasteiger partial charge in [-0.1, -0.05) is 18.2 Å². The maximum Gasteiger partial charge on any atom is 0.319 e. The second-order valence-electron chi connectivity index (χ2n) is 6.17. The molecule has 0 aliphatic heterocycles. The first-order valence-electron chi connectivity index (χ1n) is 8.37. The number of hydrazine groups is 1. The third-order valence-electron chi connectivity index (χ3n) is 4.00. The quantitative estimate of drug-likeness (QED) is 0.636. The molecule has 4 amide bonds. The van der Waals surface area contributed by atoms with Gasteiger partial charge in [0.1, 0.15) is 0 Å². The number of carbonyl (C=O) groups excluding carboxylic acids is 3. The third kappa shape index (κ3) is 4.60. The van der Waals surface area contributed by atoms with Crippen molar-refractivity contribution in [1.29, 1.82) is 0 Å². The fourth-order valence-corrected chi connectivity index (χ4v) is 2.37. The Labute approximate surface area is 151 Å². The number of anilines is 1. The molecule has 2 aromatic rings. The zero-order chi connectivity index (χ0) is 18.5. The molecule has 7 heteroatoms.